The van der Waals surface area contributed by atoms with Crippen LogP contribution in [0.4, 0.5) is 5.82 Å². The molecule has 124 valence electrons. The molecule has 1 saturated heterocycles. The van der Waals surface area contributed by atoms with Crippen LogP contribution >= 0.6 is 0 Å². The molecule has 8 heteroatoms. The first kappa shape index (κ1) is 15.9. The number of nitrogens with zero attached hydrogens (tertiary/aromatic N) is 5. The molecule has 1 aliphatic rings. The van der Waals surface area contributed by atoms with Gasteiger partial charge in [0.25, 0.3) is 11.8 Å². The number of hydrogen-bond acceptors (Lipinski definition) is 6. The minimum absolute atomic E-state index is 0.0797. The lowest BCUT2D eigenvalue weighted by Gasteiger charge is -2.36. The van der Waals surface area contributed by atoms with Gasteiger partial charge in [-0.2, -0.15) is 0 Å². The highest BCUT2D eigenvalue weighted by molar-refractivity contribution is 5.98. The molecule has 2 amide bonds. The number of carbonyl (C=O) groups excluding carboxylic acids is 2. The summed E-state index contributed by atoms with van der Waals surface area (Å²) in [5.41, 5.74) is 6.98. The van der Waals surface area contributed by atoms with Crippen LogP contribution in [0.15, 0.2) is 30.9 Å². The highest BCUT2D eigenvalue weighted by Crippen LogP contribution is 2.19. The molecule has 0 aliphatic carbocycles. The molecule has 0 aromatic carbocycles. The molecule has 1 fully saturated rings. The SMILES string of the molecule is Cc1ncncc1C(=O)N1CCN(c2ncccc2C(N)=O)CC1. The van der Waals surface area contributed by atoms with Crippen LogP contribution in [-0.2, 0) is 0 Å². The maximum Gasteiger partial charge on any atom is 0.257 e. The van der Waals surface area contributed by atoms with Gasteiger partial charge >= 0.3 is 0 Å². The van der Waals surface area contributed by atoms with Crippen LogP contribution in [-0.4, -0.2) is 57.8 Å². The summed E-state index contributed by atoms with van der Waals surface area (Å²) in [6.45, 7) is 4.01. The molecule has 8 nitrogen and oxygen atoms in total. The zero-order chi connectivity index (χ0) is 17.1. The monoisotopic (exact) mass is 326 g/mol. The molecular weight excluding hydrogens is 308 g/mol. The van der Waals surface area contributed by atoms with Gasteiger partial charge in [-0.3, -0.25) is 9.59 Å². The van der Waals surface area contributed by atoms with Crippen LogP contribution in [0.25, 0.3) is 0 Å². The van der Waals surface area contributed by atoms with Crippen LogP contribution in [0, 0.1) is 6.92 Å². The number of hydrogen-bond donors (Lipinski definition) is 1. The lowest BCUT2D eigenvalue weighted by atomic mass is 10.1. The smallest absolute Gasteiger partial charge is 0.257 e. The summed E-state index contributed by atoms with van der Waals surface area (Å²) < 4.78 is 0. The van der Waals surface area contributed by atoms with Crippen LogP contribution in [0.1, 0.15) is 26.4 Å². The normalized spacial score (nSPS) is 14.5. The average Bonchev–Trinajstić information content (AvgIpc) is 2.62. The topological polar surface area (TPSA) is 105 Å². The number of aryl methyl sites for hydroxylation is 1. The van der Waals surface area contributed by atoms with Gasteiger partial charge in [-0.05, 0) is 19.1 Å². The van der Waals surface area contributed by atoms with Crippen molar-refractivity contribution in [2.24, 2.45) is 5.73 Å². The van der Waals surface area contributed by atoms with Crippen molar-refractivity contribution in [3.05, 3.63) is 47.7 Å². The first-order valence-electron chi connectivity index (χ1n) is 7.63. The first-order valence-corrected chi connectivity index (χ1v) is 7.63. The Balaban J connectivity index is 1.72. The molecule has 3 heterocycles. The fourth-order valence-electron chi connectivity index (χ4n) is 2.73. The van der Waals surface area contributed by atoms with E-state index in [4.69, 9.17) is 5.73 Å². The van der Waals surface area contributed by atoms with E-state index in [0.717, 1.165) is 0 Å². The maximum atomic E-state index is 12.6. The highest BCUT2D eigenvalue weighted by Gasteiger charge is 2.26. The van der Waals surface area contributed by atoms with Gasteiger partial charge in [0.05, 0.1) is 16.8 Å². The Morgan fingerprint density at radius 1 is 1.12 bits per heavy atom. The van der Waals surface area contributed by atoms with Crippen molar-refractivity contribution in [1.82, 2.24) is 19.9 Å². The number of aromatic nitrogens is 3. The standard InChI is InChI=1S/C16H18N6O2/c1-11-13(9-18-10-20-11)16(24)22-7-5-21(6-8-22)15-12(14(17)23)3-2-4-19-15/h2-4,9-10H,5-8H2,1H3,(H2,17,23). The Bertz CT molecular complexity index is 771. The van der Waals surface area contributed by atoms with Crippen molar-refractivity contribution in [2.75, 3.05) is 31.1 Å². The van der Waals surface area contributed by atoms with E-state index >= 15 is 0 Å². The van der Waals surface area contributed by atoms with E-state index in [2.05, 4.69) is 15.0 Å². The van der Waals surface area contributed by atoms with Gasteiger partial charge in [0.2, 0.25) is 0 Å². The fraction of sp³-hybridized carbons (Fsp3) is 0.312. The summed E-state index contributed by atoms with van der Waals surface area (Å²) in [5, 5.41) is 0. The second-order valence-electron chi connectivity index (χ2n) is 5.54. The van der Waals surface area contributed by atoms with Crippen LogP contribution in [0.5, 0.6) is 0 Å². The van der Waals surface area contributed by atoms with E-state index < -0.39 is 5.91 Å². The molecule has 1 aliphatic heterocycles. The van der Waals surface area contributed by atoms with Crippen molar-refractivity contribution in [2.45, 2.75) is 6.92 Å². The Hall–Kier alpha value is -3.03. The molecule has 3 rings (SSSR count). The van der Waals surface area contributed by atoms with Gasteiger partial charge in [-0.25, -0.2) is 15.0 Å². The molecule has 2 aromatic rings. The van der Waals surface area contributed by atoms with E-state index in [1.165, 1.54) is 6.33 Å². The fourth-order valence-corrected chi connectivity index (χ4v) is 2.73. The Morgan fingerprint density at radius 3 is 2.54 bits per heavy atom. The molecule has 2 N–H and O–H groups in total. The van der Waals surface area contributed by atoms with Gasteiger partial charge in [-0.1, -0.05) is 0 Å². The third-order valence-corrected chi connectivity index (χ3v) is 4.06. The number of pyridine rings is 1. The largest absolute Gasteiger partial charge is 0.365 e. The molecule has 0 saturated carbocycles. The number of nitrogens with two attached hydrogens (primary N) is 1. The summed E-state index contributed by atoms with van der Waals surface area (Å²) in [6, 6.07) is 3.34. The average molecular weight is 326 g/mol. The Morgan fingerprint density at radius 2 is 1.88 bits per heavy atom. The van der Waals surface area contributed by atoms with E-state index in [-0.39, 0.29) is 5.91 Å². The zero-order valence-electron chi connectivity index (χ0n) is 13.3. The minimum atomic E-state index is -0.506. The lowest BCUT2D eigenvalue weighted by Crippen LogP contribution is -2.49. The van der Waals surface area contributed by atoms with E-state index in [0.29, 0.717) is 48.8 Å². The van der Waals surface area contributed by atoms with E-state index in [1.54, 1.807) is 36.4 Å². The Kier molecular flexibility index (Phi) is 4.37. The van der Waals surface area contributed by atoms with E-state index in [9.17, 15) is 9.59 Å². The van der Waals surface area contributed by atoms with Crippen LogP contribution in [0.2, 0.25) is 0 Å². The second-order valence-corrected chi connectivity index (χ2v) is 5.54. The molecule has 0 radical (unpaired) electrons. The zero-order valence-corrected chi connectivity index (χ0v) is 13.3. The van der Waals surface area contributed by atoms with Crippen LogP contribution < -0.4 is 10.6 Å². The number of piperazine rings is 1. The van der Waals surface area contributed by atoms with Gasteiger partial charge < -0.3 is 15.5 Å². The van der Waals surface area contributed by atoms with Gasteiger partial charge in [-0.15, -0.1) is 0 Å². The molecule has 0 bridgehead atoms. The van der Waals surface area contributed by atoms with Crippen molar-refractivity contribution >= 4 is 17.6 Å². The number of amides is 2. The summed E-state index contributed by atoms with van der Waals surface area (Å²) in [6.07, 6.45) is 4.60. The number of anilines is 1. The van der Waals surface area contributed by atoms with Crippen molar-refractivity contribution in [3.8, 4) is 0 Å². The summed E-state index contributed by atoms with van der Waals surface area (Å²) in [4.78, 5) is 40.1. The predicted molar refractivity (Wildman–Crippen MR) is 87.6 cm³/mol. The molecule has 0 spiro atoms. The molecule has 0 unspecified atom stereocenters. The minimum Gasteiger partial charge on any atom is -0.365 e. The molecule has 0 atom stereocenters. The number of primary amides is 1. The highest BCUT2D eigenvalue weighted by atomic mass is 16.2. The number of carbonyl (C=O) groups is 2. The van der Waals surface area contributed by atoms with Crippen molar-refractivity contribution < 1.29 is 9.59 Å². The van der Waals surface area contributed by atoms with Crippen molar-refractivity contribution in [3.63, 3.8) is 0 Å². The summed E-state index contributed by atoms with van der Waals surface area (Å²) >= 11 is 0. The van der Waals surface area contributed by atoms with Gasteiger partial charge in [0.1, 0.15) is 12.1 Å². The van der Waals surface area contributed by atoms with E-state index in [1.807, 2.05) is 4.90 Å². The van der Waals surface area contributed by atoms with Gasteiger partial charge in [0.15, 0.2) is 0 Å². The van der Waals surface area contributed by atoms with Crippen molar-refractivity contribution in [1.29, 1.82) is 0 Å². The second kappa shape index (κ2) is 6.61. The quantitative estimate of drug-likeness (QED) is 0.866. The Labute approximate surface area is 139 Å². The third kappa shape index (κ3) is 3.03. The summed E-state index contributed by atoms with van der Waals surface area (Å²) in [7, 11) is 0. The maximum absolute atomic E-state index is 12.6. The third-order valence-electron chi connectivity index (χ3n) is 4.06. The first-order chi connectivity index (χ1) is 11.6. The van der Waals surface area contributed by atoms with Gasteiger partial charge in [0, 0.05) is 38.6 Å². The predicted octanol–water partition coefficient (Wildman–Crippen LogP) is 0.241. The lowest BCUT2D eigenvalue weighted by molar-refractivity contribution is 0.0744. The molecule has 2 aromatic heterocycles. The number of rotatable bonds is 3. The molecular formula is C16H18N6O2. The van der Waals surface area contributed by atoms with Crippen LogP contribution in [0.3, 0.4) is 0 Å². The molecule has 24 heavy (non-hydrogen) atoms. The summed E-state index contributed by atoms with van der Waals surface area (Å²) in [5.74, 6) is -0.0196.